The molecule has 1 heterocycles. The zero-order valence-electron chi connectivity index (χ0n) is 10.8. The lowest BCUT2D eigenvalue weighted by molar-refractivity contribution is -0.0498. The highest BCUT2D eigenvalue weighted by Crippen LogP contribution is 2.24. The van der Waals surface area contributed by atoms with E-state index < -0.39 is 6.61 Å². The third-order valence-corrected chi connectivity index (χ3v) is 4.52. The highest BCUT2D eigenvalue weighted by Gasteiger charge is 2.12. The lowest BCUT2D eigenvalue weighted by Crippen LogP contribution is -2.26. The van der Waals surface area contributed by atoms with Crippen LogP contribution in [0.25, 0.3) is 0 Å². The van der Waals surface area contributed by atoms with Crippen LogP contribution < -0.4 is 10.1 Å². The van der Waals surface area contributed by atoms with Crippen LogP contribution in [-0.4, -0.2) is 24.2 Å². The number of nitrogens with one attached hydrogen (secondary N) is 1. The van der Waals surface area contributed by atoms with Crippen LogP contribution in [0.3, 0.4) is 0 Å². The first-order valence-electron chi connectivity index (χ1n) is 6.60. The lowest BCUT2D eigenvalue weighted by atomic mass is 10.2. The molecule has 1 unspecified atom stereocenters. The molecule has 1 aliphatic rings. The highest BCUT2D eigenvalue weighted by molar-refractivity contribution is 7.99. The van der Waals surface area contributed by atoms with E-state index in [9.17, 15) is 8.78 Å². The number of hydrogen-bond donors (Lipinski definition) is 1. The van der Waals surface area contributed by atoms with E-state index in [1.54, 1.807) is 12.1 Å². The Balaban J connectivity index is 1.70. The summed E-state index contributed by atoms with van der Waals surface area (Å²) in [6, 6.07) is 6.80. The van der Waals surface area contributed by atoms with Gasteiger partial charge in [0.05, 0.1) is 0 Å². The summed E-state index contributed by atoms with van der Waals surface area (Å²) in [4.78, 5) is 0. The summed E-state index contributed by atoms with van der Waals surface area (Å²) in [7, 11) is 0. The fraction of sp³-hybridized carbons (Fsp3) is 0.571. The minimum absolute atomic E-state index is 0.210. The second-order valence-electron chi connectivity index (χ2n) is 4.64. The average molecular weight is 287 g/mol. The van der Waals surface area contributed by atoms with Gasteiger partial charge in [0.15, 0.2) is 0 Å². The molecule has 2 rings (SSSR count). The molecule has 0 radical (unpaired) electrons. The van der Waals surface area contributed by atoms with E-state index in [0.29, 0.717) is 0 Å². The summed E-state index contributed by atoms with van der Waals surface area (Å²) in [5, 5.41) is 4.14. The molecule has 19 heavy (non-hydrogen) atoms. The van der Waals surface area contributed by atoms with Crippen molar-refractivity contribution >= 4 is 11.8 Å². The molecule has 1 aromatic rings. The molecule has 1 N–H and O–H groups in total. The molecule has 0 spiro atoms. The van der Waals surface area contributed by atoms with Crippen LogP contribution in [0.4, 0.5) is 8.78 Å². The summed E-state index contributed by atoms with van der Waals surface area (Å²) < 4.78 is 28.3. The van der Waals surface area contributed by atoms with Crippen molar-refractivity contribution in [3.05, 3.63) is 29.8 Å². The van der Waals surface area contributed by atoms with Gasteiger partial charge in [0.25, 0.3) is 0 Å². The third-order valence-electron chi connectivity index (χ3n) is 3.12. The SMILES string of the molecule is FC(F)Oc1ccc(CNCC2CCCCS2)cc1. The van der Waals surface area contributed by atoms with Gasteiger partial charge in [-0.1, -0.05) is 18.6 Å². The largest absolute Gasteiger partial charge is 0.435 e. The van der Waals surface area contributed by atoms with Crippen LogP contribution >= 0.6 is 11.8 Å². The molecule has 5 heteroatoms. The highest BCUT2D eigenvalue weighted by atomic mass is 32.2. The van der Waals surface area contributed by atoms with Crippen molar-refractivity contribution in [1.29, 1.82) is 0 Å². The molecule has 1 aromatic carbocycles. The van der Waals surface area contributed by atoms with E-state index in [1.807, 2.05) is 23.9 Å². The van der Waals surface area contributed by atoms with Gasteiger partial charge >= 0.3 is 6.61 Å². The standard InChI is InChI=1S/C14H19F2NOS/c15-14(16)18-12-6-4-11(5-7-12)9-17-10-13-3-1-2-8-19-13/h4-7,13-14,17H,1-3,8-10H2. The Hall–Kier alpha value is -0.810. The molecule has 0 aliphatic carbocycles. The van der Waals surface area contributed by atoms with Crippen LogP contribution in [0.15, 0.2) is 24.3 Å². The van der Waals surface area contributed by atoms with Crippen LogP contribution in [0.1, 0.15) is 24.8 Å². The first-order chi connectivity index (χ1) is 9.24. The Labute approximate surface area is 116 Å². The second kappa shape index (κ2) is 7.70. The Morgan fingerprint density at radius 2 is 2.05 bits per heavy atom. The van der Waals surface area contributed by atoms with E-state index >= 15 is 0 Å². The van der Waals surface area contributed by atoms with Gasteiger partial charge < -0.3 is 10.1 Å². The van der Waals surface area contributed by atoms with Crippen LogP contribution in [0.2, 0.25) is 0 Å². The van der Waals surface area contributed by atoms with E-state index in [2.05, 4.69) is 10.1 Å². The quantitative estimate of drug-likeness (QED) is 0.862. The molecule has 1 saturated heterocycles. The summed E-state index contributed by atoms with van der Waals surface area (Å²) in [6.07, 6.45) is 3.96. The Morgan fingerprint density at radius 1 is 1.26 bits per heavy atom. The first kappa shape index (κ1) is 14.6. The van der Waals surface area contributed by atoms with Crippen molar-refractivity contribution in [3.63, 3.8) is 0 Å². The van der Waals surface area contributed by atoms with Crippen LogP contribution in [-0.2, 0) is 6.54 Å². The molecule has 2 nitrogen and oxygen atoms in total. The van der Waals surface area contributed by atoms with Crippen LogP contribution in [0.5, 0.6) is 5.75 Å². The topological polar surface area (TPSA) is 21.3 Å². The first-order valence-corrected chi connectivity index (χ1v) is 7.65. The van der Waals surface area contributed by atoms with Crippen molar-refractivity contribution < 1.29 is 13.5 Å². The minimum Gasteiger partial charge on any atom is -0.435 e. The van der Waals surface area contributed by atoms with Gasteiger partial charge in [0.2, 0.25) is 0 Å². The van der Waals surface area contributed by atoms with Crippen molar-refractivity contribution in [2.24, 2.45) is 0 Å². The van der Waals surface area contributed by atoms with Crippen molar-refractivity contribution in [2.45, 2.75) is 37.7 Å². The molecule has 1 fully saturated rings. The third kappa shape index (κ3) is 5.37. The van der Waals surface area contributed by atoms with Gasteiger partial charge in [0, 0.05) is 18.3 Å². The molecule has 0 aromatic heterocycles. The average Bonchev–Trinajstić information content (AvgIpc) is 2.41. The number of hydrogen-bond acceptors (Lipinski definition) is 3. The lowest BCUT2D eigenvalue weighted by Gasteiger charge is -2.21. The summed E-state index contributed by atoms with van der Waals surface area (Å²) in [5.74, 6) is 1.48. The molecule has 1 atom stereocenters. The van der Waals surface area contributed by atoms with Gasteiger partial charge in [0.1, 0.15) is 5.75 Å². The Morgan fingerprint density at radius 3 is 2.68 bits per heavy atom. The minimum atomic E-state index is -2.76. The molecule has 0 saturated carbocycles. The van der Waals surface area contributed by atoms with E-state index in [-0.39, 0.29) is 5.75 Å². The predicted octanol–water partition coefficient (Wildman–Crippen LogP) is 3.66. The van der Waals surface area contributed by atoms with Gasteiger partial charge in [-0.05, 0) is 36.3 Å². The molecule has 0 amide bonds. The van der Waals surface area contributed by atoms with Gasteiger partial charge in [-0.15, -0.1) is 0 Å². The van der Waals surface area contributed by atoms with Gasteiger partial charge in [-0.25, -0.2) is 0 Å². The maximum Gasteiger partial charge on any atom is 0.387 e. The summed E-state index contributed by atoms with van der Waals surface area (Å²) in [6.45, 7) is -0.973. The van der Waals surface area contributed by atoms with Crippen molar-refractivity contribution in [1.82, 2.24) is 5.32 Å². The van der Waals surface area contributed by atoms with E-state index in [1.165, 1.54) is 25.0 Å². The number of alkyl halides is 2. The fourth-order valence-corrected chi connectivity index (χ4v) is 3.41. The molecular formula is C14H19F2NOS. The maximum absolute atomic E-state index is 12.0. The molecule has 1 aliphatic heterocycles. The Bertz CT molecular complexity index is 366. The molecule has 0 bridgehead atoms. The van der Waals surface area contributed by atoms with Crippen molar-refractivity contribution in [3.8, 4) is 5.75 Å². The second-order valence-corrected chi connectivity index (χ2v) is 6.05. The van der Waals surface area contributed by atoms with Crippen LogP contribution in [0, 0.1) is 0 Å². The van der Waals surface area contributed by atoms with E-state index in [4.69, 9.17) is 0 Å². The predicted molar refractivity (Wildman–Crippen MR) is 74.9 cm³/mol. The number of halogens is 2. The van der Waals surface area contributed by atoms with Gasteiger partial charge in [-0.3, -0.25) is 0 Å². The van der Waals surface area contributed by atoms with E-state index in [0.717, 1.165) is 23.9 Å². The summed E-state index contributed by atoms with van der Waals surface area (Å²) >= 11 is 2.04. The molecular weight excluding hydrogens is 268 g/mol. The van der Waals surface area contributed by atoms with Gasteiger partial charge in [-0.2, -0.15) is 20.5 Å². The fourth-order valence-electron chi connectivity index (χ4n) is 2.13. The maximum atomic E-state index is 12.0. The Kier molecular flexibility index (Phi) is 5.92. The number of ether oxygens (including phenoxy) is 1. The zero-order valence-corrected chi connectivity index (χ0v) is 11.6. The van der Waals surface area contributed by atoms with Crippen molar-refractivity contribution in [2.75, 3.05) is 12.3 Å². The smallest absolute Gasteiger partial charge is 0.387 e. The molecule has 106 valence electrons. The number of thioether (sulfide) groups is 1. The number of rotatable bonds is 6. The normalized spacial score (nSPS) is 19.6. The monoisotopic (exact) mass is 287 g/mol. The summed E-state index contributed by atoms with van der Waals surface area (Å²) in [5.41, 5.74) is 1.09. The zero-order chi connectivity index (χ0) is 13.5. The number of benzene rings is 1.